The summed E-state index contributed by atoms with van der Waals surface area (Å²) in [6.07, 6.45) is 3.65. The summed E-state index contributed by atoms with van der Waals surface area (Å²) in [5, 5.41) is 1.61. The van der Waals surface area contributed by atoms with E-state index in [4.69, 9.17) is 19.2 Å². The fourth-order valence-corrected chi connectivity index (χ4v) is 3.76. The minimum absolute atomic E-state index is 0.610. The minimum Gasteiger partial charge on any atom is -0.489 e. The van der Waals surface area contributed by atoms with Gasteiger partial charge in [-0.1, -0.05) is 19.8 Å². The molecule has 0 amide bonds. The van der Waals surface area contributed by atoms with E-state index in [1.165, 1.54) is 19.3 Å². The van der Waals surface area contributed by atoms with Gasteiger partial charge in [-0.25, -0.2) is 4.99 Å². The van der Waals surface area contributed by atoms with Crippen molar-refractivity contribution in [1.29, 1.82) is 0 Å². The van der Waals surface area contributed by atoms with Gasteiger partial charge < -0.3 is 19.1 Å². The highest BCUT2D eigenvalue weighted by molar-refractivity contribution is 5.72. The maximum Gasteiger partial charge on any atom is 0.155 e. The molecular formula is C21H23N3O3. The Morgan fingerprint density at radius 1 is 0.926 bits per heavy atom. The molecule has 0 spiro atoms. The van der Waals surface area contributed by atoms with Gasteiger partial charge in [0.25, 0.3) is 0 Å². The normalized spacial score (nSPS) is 16.3. The van der Waals surface area contributed by atoms with Crippen molar-refractivity contribution >= 4 is 11.4 Å². The van der Waals surface area contributed by atoms with Crippen LogP contribution in [0.3, 0.4) is 0 Å². The molecule has 27 heavy (non-hydrogen) atoms. The first kappa shape index (κ1) is 16.4. The number of anilines is 1. The smallest absolute Gasteiger partial charge is 0.155 e. The van der Waals surface area contributed by atoms with E-state index in [0.29, 0.717) is 19.8 Å². The molecule has 0 aliphatic carbocycles. The van der Waals surface area contributed by atoms with Gasteiger partial charge in [0.1, 0.15) is 41.1 Å². The lowest BCUT2D eigenvalue weighted by atomic mass is 10.1. The molecule has 3 aliphatic rings. The molecule has 2 aromatic rings. The van der Waals surface area contributed by atoms with E-state index in [0.717, 1.165) is 58.2 Å². The zero-order chi connectivity index (χ0) is 18.2. The minimum atomic E-state index is 0.610. The molecule has 5 rings (SSSR count). The van der Waals surface area contributed by atoms with Gasteiger partial charge in [0.2, 0.25) is 0 Å². The van der Waals surface area contributed by atoms with Gasteiger partial charge in [-0.15, -0.1) is 0 Å². The van der Waals surface area contributed by atoms with Gasteiger partial charge in [-0.05, 0) is 6.42 Å². The second-order valence-corrected chi connectivity index (χ2v) is 7.06. The molecule has 0 saturated carbocycles. The predicted octanol–water partition coefficient (Wildman–Crippen LogP) is 3.14. The van der Waals surface area contributed by atoms with Crippen molar-refractivity contribution in [3.05, 3.63) is 35.0 Å². The zero-order valence-electron chi connectivity index (χ0n) is 15.5. The Bertz CT molecular complexity index is 1000. The Hall–Kier alpha value is -2.76. The van der Waals surface area contributed by atoms with Crippen molar-refractivity contribution in [3.63, 3.8) is 0 Å². The summed E-state index contributed by atoms with van der Waals surface area (Å²) in [5.74, 6) is 3.15. The van der Waals surface area contributed by atoms with Gasteiger partial charge in [0.15, 0.2) is 11.5 Å². The molecule has 0 unspecified atom stereocenters. The lowest BCUT2D eigenvalue weighted by Crippen LogP contribution is -2.33. The van der Waals surface area contributed by atoms with E-state index in [-0.39, 0.29) is 0 Å². The summed E-state index contributed by atoms with van der Waals surface area (Å²) in [6.45, 7) is 6.17. The van der Waals surface area contributed by atoms with Crippen LogP contribution in [0.25, 0.3) is 0 Å². The van der Waals surface area contributed by atoms with Crippen LogP contribution in [0, 0.1) is 0 Å². The van der Waals surface area contributed by atoms with Gasteiger partial charge in [-0.3, -0.25) is 4.99 Å². The van der Waals surface area contributed by atoms with Gasteiger partial charge >= 0.3 is 0 Å². The van der Waals surface area contributed by atoms with Gasteiger partial charge in [0, 0.05) is 30.8 Å². The molecule has 6 nitrogen and oxygen atoms in total. The maximum atomic E-state index is 6.19. The summed E-state index contributed by atoms with van der Waals surface area (Å²) in [4.78, 5) is 11.7. The third-order valence-electron chi connectivity index (χ3n) is 5.16. The molecule has 0 saturated heterocycles. The second kappa shape index (κ2) is 6.76. The molecule has 3 aliphatic heterocycles. The molecule has 0 bridgehead atoms. The first-order chi connectivity index (χ1) is 13.3. The monoisotopic (exact) mass is 365 g/mol. The Kier molecular flexibility index (Phi) is 4.11. The topological polar surface area (TPSA) is 55.7 Å². The van der Waals surface area contributed by atoms with E-state index >= 15 is 0 Å². The molecule has 3 heterocycles. The van der Waals surface area contributed by atoms with E-state index < -0.39 is 0 Å². The van der Waals surface area contributed by atoms with Crippen LogP contribution in [0.15, 0.2) is 34.3 Å². The van der Waals surface area contributed by atoms with Crippen molar-refractivity contribution in [3.8, 4) is 23.0 Å². The Morgan fingerprint density at radius 2 is 1.81 bits per heavy atom. The summed E-state index contributed by atoms with van der Waals surface area (Å²) in [6, 6.07) is 7.89. The van der Waals surface area contributed by atoms with Crippen LogP contribution in [0.5, 0.6) is 23.0 Å². The lowest BCUT2D eigenvalue weighted by Gasteiger charge is -2.32. The van der Waals surface area contributed by atoms with Crippen LogP contribution in [0.1, 0.15) is 26.2 Å². The number of rotatable bonds is 4. The number of hydrogen-bond donors (Lipinski definition) is 0. The van der Waals surface area contributed by atoms with E-state index in [9.17, 15) is 0 Å². The highest BCUT2D eigenvalue weighted by Crippen LogP contribution is 2.44. The summed E-state index contributed by atoms with van der Waals surface area (Å²) < 4.78 is 17.8. The summed E-state index contributed by atoms with van der Waals surface area (Å²) in [5.41, 5.74) is 1.89. The molecular weight excluding hydrogens is 342 g/mol. The fourth-order valence-electron chi connectivity index (χ4n) is 3.76. The van der Waals surface area contributed by atoms with E-state index in [1.54, 1.807) is 0 Å². The Balaban J connectivity index is 1.53. The first-order valence-electron chi connectivity index (χ1n) is 9.75. The first-order valence-corrected chi connectivity index (χ1v) is 9.75. The highest BCUT2D eigenvalue weighted by atomic mass is 16.5. The number of fused-ring (bicyclic) bond motifs is 4. The van der Waals surface area contributed by atoms with Crippen LogP contribution >= 0.6 is 0 Å². The van der Waals surface area contributed by atoms with Crippen LogP contribution in [-0.4, -0.2) is 32.8 Å². The maximum absolute atomic E-state index is 6.19. The van der Waals surface area contributed by atoms with Crippen molar-refractivity contribution in [1.82, 2.24) is 0 Å². The predicted molar refractivity (Wildman–Crippen MR) is 103 cm³/mol. The highest BCUT2D eigenvalue weighted by Gasteiger charge is 2.23. The fraction of sp³-hybridized carbons (Fsp3) is 0.429. The van der Waals surface area contributed by atoms with Gasteiger partial charge in [-0.2, -0.15) is 0 Å². The van der Waals surface area contributed by atoms with E-state index in [1.807, 2.05) is 18.2 Å². The summed E-state index contributed by atoms with van der Waals surface area (Å²) in [7, 11) is 0. The summed E-state index contributed by atoms with van der Waals surface area (Å²) >= 11 is 0. The standard InChI is InChI=1S/C21H23N3O3/c1-2-3-4-6-24-7-9-26-21-12-16-20(13-17(21)24)27-19-10-14-18(11-15(19)23-16)25-8-5-22-14/h10-13H,2-9H2,1H3. The van der Waals surface area contributed by atoms with Crippen LogP contribution in [0.4, 0.5) is 11.4 Å². The molecule has 2 aromatic carbocycles. The molecule has 0 fully saturated rings. The van der Waals surface area contributed by atoms with Crippen molar-refractivity contribution in [2.45, 2.75) is 26.2 Å². The van der Waals surface area contributed by atoms with Crippen LogP contribution in [0.2, 0.25) is 0 Å². The molecule has 140 valence electrons. The third-order valence-corrected chi connectivity index (χ3v) is 5.16. The number of unbranched alkanes of at least 4 members (excludes halogenated alkanes) is 2. The number of ether oxygens (including phenoxy) is 3. The number of benzene rings is 2. The SMILES string of the molecule is CCCCCN1CCOc2cc3c(cc21)Oc1cc2c(cc1=N3)OCCN=2. The second-order valence-electron chi connectivity index (χ2n) is 7.06. The molecule has 0 aromatic heterocycles. The van der Waals surface area contributed by atoms with Crippen LogP contribution < -0.4 is 29.8 Å². The average Bonchev–Trinajstić information content (AvgIpc) is 2.69. The Labute approximate surface area is 158 Å². The largest absolute Gasteiger partial charge is 0.489 e. The Morgan fingerprint density at radius 3 is 2.74 bits per heavy atom. The van der Waals surface area contributed by atoms with Crippen LogP contribution in [-0.2, 0) is 0 Å². The third kappa shape index (κ3) is 2.99. The van der Waals surface area contributed by atoms with E-state index in [2.05, 4.69) is 22.9 Å². The van der Waals surface area contributed by atoms with Gasteiger partial charge in [0.05, 0.1) is 18.8 Å². The zero-order valence-corrected chi connectivity index (χ0v) is 15.5. The van der Waals surface area contributed by atoms with Crippen molar-refractivity contribution in [2.24, 2.45) is 9.98 Å². The number of nitrogens with zero attached hydrogens (tertiary/aromatic N) is 3. The number of hydrogen-bond acceptors (Lipinski definition) is 6. The molecule has 6 heteroatoms. The molecule has 0 N–H and O–H groups in total. The van der Waals surface area contributed by atoms with Crippen molar-refractivity contribution < 1.29 is 14.2 Å². The average molecular weight is 365 g/mol. The van der Waals surface area contributed by atoms with Crippen molar-refractivity contribution in [2.75, 3.05) is 37.7 Å². The quantitative estimate of drug-likeness (QED) is 0.667. The molecule has 0 atom stereocenters. The lowest BCUT2D eigenvalue weighted by molar-refractivity contribution is 0.305. The molecule has 0 radical (unpaired) electrons.